The van der Waals surface area contributed by atoms with Crippen LogP contribution in [0.25, 0.3) is 0 Å². The highest BCUT2D eigenvalue weighted by molar-refractivity contribution is 5.74. The van der Waals surface area contributed by atoms with Crippen LogP contribution >= 0.6 is 0 Å². The first-order valence-electron chi connectivity index (χ1n) is 9.50. The molecule has 0 aromatic carbocycles. The summed E-state index contributed by atoms with van der Waals surface area (Å²) in [5.41, 5.74) is 0.0630. The van der Waals surface area contributed by atoms with Crippen molar-refractivity contribution in [2.45, 2.75) is 24.6 Å². The van der Waals surface area contributed by atoms with Gasteiger partial charge in [-0.15, -0.1) is 0 Å². The maximum absolute atomic E-state index is 12.3. The van der Waals surface area contributed by atoms with Gasteiger partial charge in [-0.05, 0) is 25.0 Å². The molecule has 1 aromatic rings. The molecule has 1 unspecified atom stereocenters. The van der Waals surface area contributed by atoms with Crippen LogP contribution in [0.3, 0.4) is 0 Å². The number of carbonyl (C=O) groups is 2. The van der Waals surface area contributed by atoms with E-state index in [1.54, 1.807) is 25.1 Å². The van der Waals surface area contributed by atoms with Gasteiger partial charge < -0.3 is 24.5 Å². The molecule has 3 rings (SSSR count). The van der Waals surface area contributed by atoms with Crippen LogP contribution in [0.15, 0.2) is 18.2 Å². The molecule has 1 N–H and O–H groups in total. The second-order valence-electron chi connectivity index (χ2n) is 7.45. The molecular weight excluding hydrogens is 419 g/mol. The van der Waals surface area contributed by atoms with Crippen LogP contribution in [-0.4, -0.2) is 90.5 Å². The molecule has 0 aliphatic carbocycles. The summed E-state index contributed by atoms with van der Waals surface area (Å²) < 4.78 is 37.9. The number of hydrogen-bond donors (Lipinski definition) is 1. The number of aliphatic carboxylic acids is 1. The summed E-state index contributed by atoms with van der Waals surface area (Å²) >= 11 is 0. The van der Waals surface area contributed by atoms with Gasteiger partial charge in [0.15, 0.2) is 0 Å². The Morgan fingerprint density at radius 2 is 1.97 bits per heavy atom. The maximum atomic E-state index is 12.3. The molecule has 3 heterocycles. The third-order valence-electron chi connectivity index (χ3n) is 4.86. The predicted octanol–water partition coefficient (Wildman–Crippen LogP) is 1.94. The van der Waals surface area contributed by atoms with Gasteiger partial charge in [-0.2, -0.15) is 18.4 Å². The quantitative estimate of drug-likeness (QED) is 0.706. The number of piperidine rings is 1. The van der Waals surface area contributed by atoms with Crippen molar-refractivity contribution < 1.29 is 32.6 Å². The summed E-state index contributed by atoms with van der Waals surface area (Å²) in [6.07, 6.45) is -3.18. The minimum atomic E-state index is -5.08. The van der Waals surface area contributed by atoms with Gasteiger partial charge in [-0.25, -0.2) is 14.6 Å². The highest BCUT2D eigenvalue weighted by Gasteiger charge is 2.42. The van der Waals surface area contributed by atoms with E-state index in [4.69, 9.17) is 19.9 Å². The van der Waals surface area contributed by atoms with E-state index >= 15 is 0 Å². The summed E-state index contributed by atoms with van der Waals surface area (Å²) in [7, 11) is 3.55. The lowest BCUT2D eigenvalue weighted by molar-refractivity contribution is -0.192. The SMILES string of the molecule is CN(C)C(=O)N1CCOC2(CCCN(c3cccc(C#N)n3)C2)C1.O=C(O)C(F)(F)F. The van der Waals surface area contributed by atoms with Gasteiger partial charge in [0.25, 0.3) is 0 Å². The largest absolute Gasteiger partial charge is 0.490 e. The molecule has 1 spiro atoms. The van der Waals surface area contributed by atoms with E-state index in [1.807, 2.05) is 17.0 Å². The first-order chi connectivity index (χ1) is 14.5. The van der Waals surface area contributed by atoms with Crippen LogP contribution in [0.1, 0.15) is 18.5 Å². The number of hydrogen-bond acceptors (Lipinski definition) is 6. The predicted molar refractivity (Wildman–Crippen MR) is 103 cm³/mol. The minimum Gasteiger partial charge on any atom is -0.475 e. The Kier molecular flexibility index (Phi) is 7.67. The smallest absolute Gasteiger partial charge is 0.475 e. The molecule has 170 valence electrons. The van der Waals surface area contributed by atoms with E-state index < -0.39 is 12.1 Å². The van der Waals surface area contributed by atoms with E-state index in [1.165, 1.54) is 0 Å². The Morgan fingerprint density at radius 3 is 2.55 bits per heavy atom. The summed E-state index contributed by atoms with van der Waals surface area (Å²) in [5.74, 6) is -1.96. The summed E-state index contributed by atoms with van der Waals surface area (Å²) in [6, 6.07) is 7.59. The van der Waals surface area contributed by atoms with Gasteiger partial charge in [0.1, 0.15) is 23.2 Å². The Morgan fingerprint density at radius 1 is 1.29 bits per heavy atom. The number of alkyl halides is 3. The van der Waals surface area contributed by atoms with E-state index in [9.17, 15) is 18.0 Å². The minimum absolute atomic E-state index is 0.0272. The Bertz CT molecular complexity index is 839. The highest BCUT2D eigenvalue weighted by Crippen LogP contribution is 2.31. The molecule has 0 saturated carbocycles. The average molecular weight is 443 g/mol. The van der Waals surface area contributed by atoms with Crippen LogP contribution in [-0.2, 0) is 9.53 Å². The fourth-order valence-electron chi connectivity index (χ4n) is 3.49. The molecule has 0 bridgehead atoms. The molecule has 31 heavy (non-hydrogen) atoms. The number of pyridine rings is 1. The van der Waals surface area contributed by atoms with Gasteiger partial charge in [0.2, 0.25) is 0 Å². The lowest BCUT2D eigenvalue weighted by atomic mass is 9.90. The molecular formula is C19H24F3N5O4. The average Bonchev–Trinajstić information content (AvgIpc) is 2.73. The van der Waals surface area contributed by atoms with Crippen LogP contribution in [0.4, 0.5) is 23.8 Å². The van der Waals surface area contributed by atoms with Crippen molar-refractivity contribution >= 4 is 17.8 Å². The Labute approximate surface area is 177 Å². The van der Waals surface area contributed by atoms with Crippen molar-refractivity contribution in [3.8, 4) is 6.07 Å². The molecule has 2 aliphatic heterocycles. The third kappa shape index (κ3) is 6.45. The van der Waals surface area contributed by atoms with Crippen LogP contribution in [0, 0.1) is 11.3 Å². The summed E-state index contributed by atoms with van der Waals surface area (Å²) in [5, 5.41) is 16.2. The lowest BCUT2D eigenvalue weighted by Gasteiger charge is -2.48. The van der Waals surface area contributed by atoms with Crippen molar-refractivity contribution in [2.75, 3.05) is 51.8 Å². The van der Waals surface area contributed by atoms with Crippen LogP contribution in [0.2, 0.25) is 0 Å². The number of morpholine rings is 1. The Balaban J connectivity index is 0.000000423. The molecule has 2 amide bonds. The standard InChI is InChI=1S/C17H23N5O2.C2HF3O2/c1-20(2)16(23)22-9-10-24-17(13-22)7-4-8-21(12-17)15-6-3-5-14(11-18)19-15;3-2(4,5)1(6)7/h3,5-6H,4,7-10,12-13H2,1-2H3;(H,6,7). The molecule has 1 atom stereocenters. The highest BCUT2D eigenvalue weighted by atomic mass is 19.4. The second kappa shape index (κ2) is 9.82. The summed E-state index contributed by atoms with van der Waals surface area (Å²) in [4.78, 5) is 31.2. The number of nitriles is 1. The number of aromatic nitrogens is 1. The zero-order valence-electron chi connectivity index (χ0n) is 17.2. The molecule has 1 aromatic heterocycles. The van der Waals surface area contributed by atoms with Crippen molar-refractivity contribution in [3.05, 3.63) is 23.9 Å². The number of anilines is 1. The topological polar surface area (TPSA) is 110 Å². The zero-order valence-corrected chi connectivity index (χ0v) is 17.2. The second-order valence-corrected chi connectivity index (χ2v) is 7.45. The van der Waals surface area contributed by atoms with Crippen molar-refractivity contribution in [3.63, 3.8) is 0 Å². The molecule has 2 aliphatic rings. The van der Waals surface area contributed by atoms with Gasteiger partial charge >= 0.3 is 18.2 Å². The first kappa shape index (κ1) is 24.2. The number of halogens is 3. The number of carboxylic acid groups (broad SMARTS) is 1. The monoisotopic (exact) mass is 443 g/mol. The van der Waals surface area contributed by atoms with Crippen molar-refractivity contribution in [2.24, 2.45) is 0 Å². The zero-order chi connectivity index (χ0) is 23.2. The van der Waals surface area contributed by atoms with E-state index in [0.29, 0.717) is 31.9 Å². The fraction of sp³-hybridized carbons (Fsp3) is 0.579. The number of carboxylic acids is 1. The van der Waals surface area contributed by atoms with E-state index in [2.05, 4.69) is 16.0 Å². The number of nitrogens with zero attached hydrogens (tertiary/aromatic N) is 5. The van der Waals surface area contributed by atoms with Gasteiger partial charge in [0, 0.05) is 27.2 Å². The number of urea groups is 1. The van der Waals surface area contributed by atoms with Gasteiger partial charge in [0.05, 0.1) is 19.7 Å². The fourth-order valence-corrected chi connectivity index (χ4v) is 3.49. The van der Waals surface area contributed by atoms with Crippen LogP contribution in [0.5, 0.6) is 0 Å². The number of ether oxygens (including phenoxy) is 1. The molecule has 2 fully saturated rings. The molecule has 9 nitrogen and oxygen atoms in total. The lowest BCUT2D eigenvalue weighted by Crippen LogP contribution is -2.62. The first-order valence-corrected chi connectivity index (χ1v) is 9.50. The van der Waals surface area contributed by atoms with Crippen molar-refractivity contribution in [1.82, 2.24) is 14.8 Å². The number of carbonyl (C=O) groups excluding carboxylic acids is 1. The molecule has 12 heteroatoms. The molecule has 2 saturated heterocycles. The third-order valence-corrected chi connectivity index (χ3v) is 4.86. The summed E-state index contributed by atoms with van der Waals surface area (Å²) in [6.45, 7) is 3.35. The van der Waals surface area contributed by atoms with E-state index in [0.717, 1.165) is 25.2 Å². The van der Waals surface area contributed by atoms with Crippen LogP contribution < -0.4 is 4.90 Å². The van der Waals surface area contributed by atoms with E-state index in [-0.39, 0.29) is 11.6 Å². The van der Waals surface area contributed by atoms with Gasteiger partial charge in [-0.3, -0.25) is 0 Å². The normalized spacial score (nSPS) is 21.0. The number of amides is 2. The van der Waals surface area contributed by atoms with Gasteiger partial charge in [-0.1, -0.05) is 6.07 Å². The number of rotatable bonds is 1. The molecule has 0 radical (unpaired) electrons. The maximum Gasteiger partial charge on any atom is 0.490 e. The van der Waals surface area contributed by atoms with Crippen molar-refractivity contribution in [1.29, 1.82) is 5.26 Å². The Hall–Kier alpha value is -3.07.